The van der Waals surface area contributed by atoms with Crippen molar-refractivity contribution in [3.63, 3.8) is 0 Å². The SMILES string of the molecule is N[C@H](CCc1ccc(F)c(Cl)c1)C(=O)O. The van der Waals surface area contributed by atoms with Crippen LogP contribution in [0.5, 0.6) is 0 Å². The Morgan fingerprint density at radius 1 is 1.60 bits per heavy atom. The van der Waals surface area contributed by atoms with Gasteiger partial charge in [-0.1, -0.05) is 17.7 Å². The van der Waals surface area contributed by atoms with E-state index in [2.05, 4.69) is 0 Å². The van der Waals surface area contributed by atoms with E-state index in [1.54, 1.807) is 6.07 Å². The number of hydrogen-bond acceptors (Lipinski definition) is 2. The number of carboxylic acid groups (broad SMARTS) is 1. The number of aryl methyl sites for hydroxylation is 1. The molecule has 0 aliphatic heterocycles. The van der Waals surface area contributed by atoms with Gasteiger partial charge in [-0.2, -0.15) is 0 Å². The second-order valence-corrected chi connectivity index (χ2v) is 3.64. The highest BCUT2D eigenvalue weighted by atomic mass is 35.5. The zero-order chi connectivity index (χ0) is 11.4. The zero-order valence-electron chi connectivity index (χ0n) is 7.91. The highest BCUT2D eigenvalue weighted by Crippen LogP contribution is 2.17. The van der Waals surface area contributed by atoms with Crippen molar-refractivity contribution in [2.24, 2.45) is 5.73 Å². The molecule has 0 aromatic heterocycles. The second kappa shape index (κ2) is 5.09. The Morgan fingerprint density at radius 3 is 2.80 bits per heavy atom. The van der Waals surface area contributed by atoms with Gasteiger partial charge >= 0.3 is 5.97 Å². The Balaban J connectivity index is 2.58. The van der Waals surface area contributed by atoms with Gasteiger partial charge in [-0.15, -0.1) is 0 Å². The first-order chi connectivity index (χ1) is 7.00. The molecule has 0 aliphatic rings. The molecule has 3 N–H and O–H groups in total. The van der Waals surface area contributed by atoms with E-state index in [9.17, 15) is 9.18 Å². The minimum Gasteiger partial charge on any atom is -0.480 e. The van der Waals surface area contributed by atoms with Gasteiger partial charge in [-0.05, 0) is 30.5 Å². The molecular formula is C10H11ClFNO2. The third kappa shape index (κ3) is 3.49. The van der Waals surface area contributed by atoms with Gasteiger partial charge in [0, 0.05) is 0 Å². The minimum absolute atomic E-state index is 0.0383. The Hall–Kier alpha value is -1.13. The number of hydrogen-bond donors (Lipinski definition) is 2. The van der Waals surface area contributed by atoms with Gasteiger partial charge in [-0.25, -0.2) is 4.39 Å². The van der Waals surface area contributed by atoms with Crippen LogP contribution in [0, 0.1) is 5.82 Å². The normalized spacial score (nSPS) is 12.5. The maximum absolute atomic E-state index is 12.8. The lowest BCUT2D eigenvalue weighted by Crippen LogP contribution is -2.30. The molecule has 0 amide bonds. The summed E-state index contributed by atoms with van der Waals surface area (Å²) in [6.07, 6.45) is 0.769. The third-order valence-electron chi connectivity index (χ3n) is 2.05. The van der Waals surface area contributed by atoms with Crippen molar-refractivity contribution in [2.75, 3.05) is 0 Å². The number of nitrogens with two attached hydrogens (primary N) is 1. The molecule has 1 atom stereocenters. The van der Waals surface area contributed by atoms with Crippen molar-refractivity contribution in [3.8, 4) is 0 Å². The molecule has 0 fully saturated rings. The summed E-state index contributed by atoms with van der Waals surface area (Å²) < 4.78 is 12.8. The van der Waals surface area contributed by atoms with Gasteiger partial charge in [0.2, 0.25) is 0 Å². The van der Waals surface area contributed by atoms with Crippen LogP contribution in [0.15, 0.2) is 18.2 Å². The van der Waals surface area contributed by atoms with Crippen molar-refractivity contribution in [2.45, 2.75) is 18.9 Å². The van der Waals surface area contributed by atoms with Crippen LogP contribution in [0.2, 0.25) is 5.02 Å². The van der Waals surface area contributed by atoms with E-state index in [4.69, 9.17) is 22.4 Å². The summed E-state index contributed by atoms with van der Waals surface area (Å²) in [6.45, 7) is 0. The highest BCUT2D eigenvalue weighted by Gasteiger charge is 2.11. The van der Waals surface area contributed by atoms with Crippen LogP contribution < -0.4 is 5.73 Å². The number of benzene rings is 1. The van der Waals surface area contributed by atoms with E-state index in [1.807, 2.05) is 0 Å². The zero-order valence-corrected chi connectivity index (χ0v) is 8.67. The molecule has 0 saturated carbocycles. The second-order valence-electron chi connectivity index (χ2n) is 3.23. The quantitative estimate of drug-likeness (QED) is 0.831. The third-order valence-corrected chi connectivity index (χ3v) is 2.33. The summed E-state index contributed by atoms with van der Waals surface area (Å²) in [4.78, 5) is 10.4. The monoisotopic (exact) mass is 231 g/mol. The average Bonchev–Trinajstić information content (AvgIpc) is 2.19. The number of aliphatic carboxylic acids is 1. The maximum Gasteiger partial charge on any atom is 0.320 e. The minimum atomic E-state index is -1.04. The first-order valence-electron chi connectivity index (χ1n) is 4.43. The average molecular weight is 232 g/mol. The van der Waals surface area contributed by atoms with Crippen LogP contribution in [-0.2, 0) is 11.2 Å². The predicted octanol–water partition coefficient (Wildman–Crippen LogP) is 1.82. The van der Waals surface area contributed by atoms with Gasteiger partial charge in [-0.3, -0.25) is 4.79 Å². The molecule has 1 aromatic rings. The topological polar surface area (TPSA) is 63.3 Å². The lowest BCUT2D eigenvalue weighted by atomic mass is 10.1. The van der Waals surface area contributed by atoms with Crippen LogP contribution in [-0.4, -0.2) is 17.1 Å². The van der Waals surface area contributed by atoms with E-state index in [0.717, 1.165) is 5.56 Å². The predicted molar refractivity (Wildman–Crippen MR) is 55.3 cm³/mol. The van der Waals surface area contributed by atoms with Gasteiger partial charge in [0.15, 0.2) is 0 Å². The number of halogens is 2. The van der Waals surface area contributed by atoms with E-state index in [0.29, 0.717) is 12.8 Å². The molecule has 3 nitrogen and oxygen atoms in total. The van der Waals surface area contributed by atoms with Crippen molar-refractivity contribution in [1.29, 1.82) is 0 Å². The van der Waals surface area contributed by atoms with Crippen molar-refractivity contribution in [1.82, 2.24) is 0 Å². The van der Waals surface area contributed by atoms with Crippen molar-refractivity contribution in [3.05, 3.63) is 34.6 Å². The number of rotatable bonds is 4. The fourth-order valence-corrected chi connectivity index (χ4v) is 1.34. The molecule has 82 valence electrons. The standard InChI is InChI=1S/C10H11ClFNO2/c11-7-5-6(1-3-8(7)12)2-4-9(13)10(14)15/h1,3,5,9H,2,4,13H2,(H,14,15)/t9-/m1/s1. The molecular weight excluding hydrogens is 221 g/mol. The summed E-state index contributed by atoms with van der Waals surface area (Å²) in [7, 11) is 0. The Kier molecular flexibility index (Phi) is 4.05. The van der Waals surface area contributed by atoms with Crippen molar-refractivity contribution < 1.29 is 14.3 Å². The molecule has 0 spiro atoms. The Morgan fingerprint density at radius 2 is 2.27 bits per heavy atom. The van der Waals surface area contributed by atoms with Gasteiger partial charge in [0.25, 0.3) is 0 Å². The smallest absolute Gasteiger partial charge is 0.320 e. The van der Waals surface area contributed by atoms with Crippen LogP contribution in [0.1, 0.15) is 12.0 Å². The molecule has 5 heteroatoms. The van der Waals surface area contributed by atoms with Gasteiger partial charge in [0.1, 0.15) is 11.9 Å². The van der Waals surface area contributed by atoms with E-state index in [1.165, 1.54) is 12.1 Å². The Labute approximate surface area is 91.7 Å². The molecule has 0 saturated heterocycles. The molecule has 1 aromatic carbocycles. The van der Waals surface area contributed by atoms with Gasteiger partial charge < -0.3 is 10.8 Å². The number of carbonyl (C=O) groups is 1. The maximum atomic E-state index is 12.8. The van der Waals surface area contributed by atoms with Gasteiger partial charge in [0.05, 0.1) is 5.02 Å². The summed E-state index contributed by atoms with van der Waals surface area (Å²) in [5, 5.41) is 8.59. The fraction of sp³-hybridized carbons (Fsp3) is 0.300. The molecule has 15 heavy (non-hydrogen) atoms. The number of carboxylic acids is 1. The lowest BCUT2D eigenvalue weighted by molar-refractivity contribution is -0.138. The van der Waals surface area contributed by atoms with Crippen LogP contribution in [0.3, 0.4) is 0 Å². The van der Waals surface area contributed by atoms with Crippen LogP contribution in [0.25, 0.3) is 0 Å². The summed E-state index contributed by atoms with van der Waals surface area (Å²) in [5.41, 5.74) is 6.10. The Bertz CT molecular complexity index is 370. The molecule has 1 rings (SSSR count). The van der Waals surface area contributed by atoms with Crippen molar-refractivity contribution >= 4 is 17.6 Å². The summed E-state index contributed by atoms with van der Waals surface area (Å²) >= 11 is 5.57. The van der Waals surface area contributed by atoms with E-state index < -0.39 is 17.8 Å². The molecule has 0 unspecified atom stereocenters. The molecule has 0 heterocycles. The molecule has 0 bridgehead atoms. The summed E-state index contributed by atoms with van der Waals surface area (Å²) in [6, 6.07) is 3.40. The largest absolute Gasteiger partial charge is 0.480 e. The highest BCUT2D eigenvalue weighted by molar-refractivity contribution is 6.30. The van der Waals surface area contributed by atoms with E-state index >= 15 is 0 Å². The fourth-order valence-electron chi connectivity index (χ4n) is 1.14. The lowest BCUT2D eigenvalue weighted by Gasteiger charge is -2.06. The summed E-state index contributed by atoms with van der Waals surface area (Å²) in [5.74, 6) is -1.52. The van der Waals surface area contributed by atoms with Crippen LogP contribution >= 0.6 is 11.6 Å². The first-order valence-corrected chi connectivity index (χ1v) is 4.81. The van der Waals surface area contributed by atoms with E-state index in [-0.39, 0.29) is 5.02 Å². The molecule has 0 radical (unpaired) electrons. The van der Waals surface area contributed by atoms with Crippen LogP contribution in [0.4, 0.5) is 4.39 Å². The first kappa shape index (κ1) is 11.9. The molecule has 0 aliphatic carbocycles.